The van der Waals surface area contributed by atoms with Crippen molar-refractivity contribution in [3.8, 4) is 11.8 Å². The highest BCUT2D eigenvalue weighted by Crippen LogP contribution is 2.31. The second-order valence-corrected chi connectivity index (χ2v) is 7.46. The molecule has 1 fully saturated rings. The van der Waals surface area contributed by atoms with Gasteiger partial charge in [-0.2, -0.15) is 0 Å². The molecule has 0 aliphatic heterocycles. The number of imidazole rings is 1. The Labute approximate surface area is 173 Å². The normalized spacial score (nSPS) is 13.1. The summed E-state index contributed by atoms with van der Waals surface area (Å²) in [5.41, 5.74) is 3.65. The molecule has 4 aromatic rings. The van der Waals surface area contributed by atoms with Crippen LogP contribution in [-0.2, 0) is 11.8 Å². The number of hydrogen-bond acceptors (Lipinski definition) is 5. The molecule has 1 aliphatic carbocycles. The minimum Gasteiger partial charge on any atom is -0.373 e. The number of carbonyl (C=O) groups excluding carboxylic acids is 1. The number of benzene rings is 1. The molecule has 0 spiro atoms. The van der Waals surface area contributed by atoms with Crippen LogP contribution in [0, 0.1) is 17.8 Å². The molecule has 0 radical (unpaired) electrons. The largest absolute Gasteiger partial charge is 0.373 e. The van der Waals surface area contributed by atoms with Gasteiger partial charge in [0.2, 0.25) is 5.91 Å². The number of aryl methyl sites for hydroxylation is 1. The number of carbonyl (C=O) groups is 1. The molecule has 7 heteroatoms. The Balaban J connectivity index is 1.56. The van der Waals surface area contributed by atoms with Crippen LogP contribution in [0.25, 0.3) is 21.8 Å². The fourth-order valence-electron chi connectivity index (χ4n) is 3.42. The third-order valence-electron chi connectivity index (χ3n) is 5.28. The predicted octanol–water partition coefficient (Wildman–Crippen LogP) is 3.31. The van der Waals surface area contributed by atoms with Crippen LogP contribution in [-0.4, -0.2) is 32.5 Å². The van der Waals surface area contributed by atoms with Crippen molar-refractivity contribution in [1.82, 2.24) is 19.5 Å². The van der Waals surface area contributed by atoms with E-state index < -0.39 is 0 Å². The van der Waals surface area contributed by atoms with Crippen LogP contribution in [0.2, 0.25) is 0 Å². The van der Waals surface area contributed by atoms with Crippen LogP contribution in [0.5, 0.6) is 0 Å². The number of pyridine rings is 2. The average Bonchev–Trinajstić information content (AvgIpc) is 3.56. The summed E-state index contributed by atoms with van der Waals surface area (Å²) in [7, 11) is 3.78. The highest BCUT2D eigenvalue weighted by atomic mass is 16.2. The first kappa shape index (κ1) is 18.1. The zero-order chi connectivity index (χ0) is 20.7. The van der Waals surface area contributed by atoms with Crippen molar-refractivity contribution in [3.63, 3.8) is 0 Å². The van der Waals surface area contributed by atoms with Crippen LogP contribution in [0.4, 0.5) is 11.6 Å². The van der Waals surface area contributed by atoms with E-state index in [2.05, 4.69) is 37.4 Å². The van der Waals surface area contributed by atoms with Crippen molar-refractivity contribution in [1.29, 1.82) is 0 Å². The number of fused-ring (bicyclic) bond motifs is 2. The van der Waals surface area contributed by atoms with E-state index in [1.165, 1.54) is 0 Å². The van der Waals surface area contributed by atoms with Gasteiger partial charge >= 0.3 is 0 Å². The Morgan fingerprint density at radius 1 is 1.10 bits per heavy atom. The molecule has 3 aromatic heterocycles. The lowest BCUT2D eigenvalue weighted by Crippen LogP contribution is -2.14. The van der Waals surface area contributed by atoms with Crippen molar-refractivity contribution >= 4 is 39.3 Å². The van der Waals surface area contributed by atoms with Crippen LogP contribution in [0.1, 0.15) is 24.0 Å². The molecule has 5 rings (SSSR count). The maximum absolute atomic E-state index is 12.1. The van der Waals surface area contributed by atoms with Gasteiger partial charge in [0, 0.05) is 48.7 Å². The zero-order valence-corrected chi connectivity index (χ0v) is 16.7. The summed E-state index contributed by atoms with van der Waals surface area (Å²) in [6.45, 7) is 0. The second kappa shape index (κ2) is 7.16. The highest BCUT2D eigenvalue weighted by molar-refractivity contribution is 5.99. The molecule has 30 heavy (non-hydrogen) atoms. The van der Waals surface area contributed by atoms with Crippen molar-refractivity contribution in [2.45, 2.75) is 12.8 Å². The SMILES string of the molecule is CNc1ncc(C#Cc2ccc3ncn(C)c3c2)c2cc(NC(=O)C3CC3)ncc12. The van der Waals surface area contributed by atoms with E-state index in [1.54, 1.807) is 18.7 Å². The smallest absolute Gasteiger partial charge is 0.228 e. The summed E-state index contributed by atoms with van der Waals surface area (Å²) in [5, 5.41) is 7.75. The van der Waals surface area contributed by atoms with Gasteiger partial charge in [-0.3, -0.25) is 4.79 Å². The first-order chi connectivity index (χ1) is 14.6. The van der Waals surface area contributed by atoms with E-state index in [-0.39, 0.29) is 11.8 Å². The van der Waals surface area contributed by atoms with Crippen molar-refractivity contribution in [2.75, 3.05) is 17.7 Å². The van der Waals surface area contributed by atoms with E-state index in [1.807, 2.05) is 42.9 Å². The van der Waals surface area contributed by atoms with E-state index in [0.717, 1.165) is 51.6 Å². The second-order valence-electron chi connectivity index (χ2n) is 7.46. The summed E-state index contributed by atoms with van der Waals surface area (Å²) >= 11 is 0. The third-order valence-corrected chi connectivity index (χ3v) is 5.28. The summed E-state index contributed by atoms with van der Waals surface area (Å²) < 4.78 is 1.97. The van der Waals surface area contributed by atoms with Gasteiger partial charge < -0.3 is 15.2 Å². The maximum atomic E-state index is 12.1. The molecule has 2 N–H and O–H groups in total. The topological polar surface area (TPSA) is 84.7 Å². The van der Waals surface area contributed by atoms with E-state index in [9.17, 15) is 4.79 Å². The quantitative estimate of drug-likeness (QED) is 0.519. The Hall–Kier alpha value is -3.92. The van der Waals surface area contributed by atoms with E-state index in [0.29, 0.717) is 5.82 Å². The molecule has 0 bridgehead atoms. The number of rotatable bonds is 3. The minimum absolute atomic E-state index is 0.0295. The standard InChI is InChI=1S/C23H20N6O/c1-24-22-18-12-25-21(28-23(30)15-6-7-15)10-17(18)16(11-26-22)5-3-14-4-8-19-20(9-14)29(2)13-27-19/h4,8-13,15H,6-7H2,1-2H3,(H,24,26)(H,25,28,30). The number of anilines is 2. The van der Waals surface area contributed by atoms with Crippen LogP contribution < -0.4 is 10.6 Å². The molecule has 0 unspecified atom stereocenters. The van der Waals surface area contributed by atoms with Crippen LogP contribution in [0.15, 0.2) is 43.0 Å². The molecule has 0 saturated heterocycles. The van der Waals surface area contributed by atoms with Crippen LogP contribution in [0.3, 0.4) is 0 Å². The van der Waals surface area contributed by atoms with Crippen molar-refractivity contribution in [3.05, 3.63) is 54.1 Å². The van der Waals surface area contributed by atoms with Gasteiger partial charge in [-0.1, -0.05) is 11.8 Å². The molecule has 7 nitrogen and oxygen atoms in total. The summed E-state index contributed by atoms with van der Waals surface area (Å²) in [5.74, 6) is 7.87. The summed E-state index contributed by atoms with van der Waals surface area (Å²) in [6, 6.07) is 7.82. The molecule has 1 aromatic carbocycles. The molecule has 1 amide bonds. The predicted molar refractivity (Wildman–Crippen MR) is 117 cm³/mol. The minimum atomic E-state index is 0.0295. The van der Waals surface area contributed by atoms with E-state index in [4.69, 9.17) is 0 Å². The van der Waals surface area contributed by atoms with Crippen molar-refractivity contribution in [2.24, 2.45) is 13.0 Å². The Morgan fingerprint density at radius 2 is 1.97 bits per heavy atom. The van der Waals surface area contributed by atoms with Gasteiger partial charge in [0.25, 0.3) is 0 Å². The van der Waals surface area contributed by atoms with Gasteiger partial charge in [0.1, 0.15) is 11.6 Å². The fourth-order valence-corrected chi connectivity index (χ4v) is 3.42. The average molecular weight is 396 g/mol. The van der Waals surface area contributed by atoms with Crippen LogP contribution >= 0.6 is 0 Å². The summed E-state index contributed by atoms with van der Waals surface area (Å²) in [6.07, 6.45) is 7.16. The van der Waals surface area contributed by atoms with Gasteiger partial charge in [-0.05, 0) is 37.1 Å². The molecule has 148 valence electrons. The lowest BCUT2D eigenvalue weighted by molar-refractivity contribution is -0.117. The lowest BCUT2D eigenvalue weighted by atomic mass is 10.1. The molecule has 1 aliphatic rings. The molecule has 3 heterocycles. The molecule has 0 atom stereocenters. The number of nitrogens with one attached hydrogen (secondary N) is 2. The fraction of sp³-hybridized carbons (Fsp3) is 0.217. The zero-order valence-electron chi connectivity index (χ0n) is 16.7. The number of amides is 1. The third kappa shape index (κ3) is 3.33. The molecule has 1 saturated carbocycles. The number of hydrogen-bond donors (Lipinski definition) is 2. The number of aromatic nitrogens is 4. The van der Waals surface area contributed by atoms with Gasteiger partial charge in [0.15, 0.2) is 0 Å². The molecular formula is C23H20N6O. The van der Waals surface area contributed by atoms with Gasteiger partial charge in [-0.25, -0.2) is 15.0 Å². The Morgan fingerprint density at radius 3 is 2.77 bits per heavy atom. The number of nitrogens with zero attached hydrogens (tertiary/aromatic N) is 4. The first-order valence-corrected chi connectivity index (χ1v) is 9.83. The first-order valence-electron chi connectivity index (χ1n) is 9.83. The molecular weight excluding hydrogens is 376 g/mol. The Kier molecular flexibility index (Phi) is 4.32. The lowest BCUT2D eigenvalue weighted by Gasteiger charge is -2.09. The van der Waals surface area contributed by atoms with E-state index >= 15 is 0 Å². The highest BCUT2D eigenvalue weighted by Gasteiger charge is 2.29. The van der Waals surface area contributed by atoms with Gasteiger partial charge in [-0.15, -0.1) is 0 Å². The van der Waals surface area contributed by atoms with Crippen molar-refractivity contribution < 1.29 is 4.79 Å². The van der Waals surface area contributed by atoms with Gasteiger partial charge in [0.05, 0.1) is 22.9 Å². The summed E-state index contributed by atoms with van der Waals surface area (Å²) in [4.78, 5) is 25.3. The monoisotopic (exact) mass is 396 g/mol. The Bertz CT molecular complexity index is 1360. The maximum Gasteiger partial charge on any atom is 0.228 e.